The molecule has 0 aliphatic heterocycles. The van der Waals surface area contributed by atoms with Crippen LogP contribution in [0.15, 0.2) is 48.5 Å². The van der Waals surface area contributed by atoms with E-state index in [0.717, 1.165) is 18.5 Å². The molecule has 6 nitrogen and oxygen atoms in total. The van der Waals surface area contributed by atoms with Gasteiger partial charge in [0.2, 0.25) is 11.8 Å². The first-order chi connectivity index (χ1) is 12.6. The molecule has 2 aromatic carbocycles. The Kier molecular flexibility index (Phi) is 5.18. The van der Waals surface area contributed by atoms with Crippen LogP contribution in [0.4, 0.5) is 17.1 Å². The summed E-state index contributed by atoms with van der Waals surface area (Å²) in [7, 11) is 0. The number of nitrogens with one attached hydrogen (secondary N) is 3. The lowest BCUT2D eigenvalue weighted by molar-refractivity contribution is -0.117. The van der Waals surface area contributed by atoms with E-state index in [1.54, 1.807) is 37.3 Å². The lowest BCUT2D eigenvalue weighted by atomic mass is 10.2. The van der Waals surface area contributed by atoms with Crippen LogP contribution in [0.1, 0.15) is 25.3 Å². The first-order valence-corrected chi connectivity index (χ1v) is 8.54. The van der Waals surface area contributed by atoms with Crippen LogP contribution in [0, 0.1) is 17.2 Å². The largest absolute Gasteiger partial charge is 0.374 e. The van der Waals surface area contributed by atoms with Crippen molar-refractivity contribution in [2.24, 2.45) is 5.92 Å². The summed E-state index contributed by atoms with van der Waals surface area (Å²) in [5, 5.41) is 17.9. The Morgan fingerprint density at radius 3 is 2.54 bits per heavy atom. The molecule has 1 atom stereocenters. The number of anilines is 3. The molecule has 2 amide bonds. The lowest BCUT2D eigenvalue weighted by Gasteiger charge is -2.16. The Hall–Kier alpha value is -3.33. The van der Waals surface area contributed by atoms with Crippen molar-refractivity contribution in [3.8, 4) is 6.07 Å². The molecule has 26 heavy (non-hydrogen) atoms. The van der Waals surface area contributed by atoms with Crippen LogP contribution >= 0.6 is 0 Å². The van der Waals surface area contributed by atoms with Crippen LogP contribution < -0.4 is 16.0 Å². The third-order valence-electron chi connectivity index (χ3n) is 4.16. The number of hydrogen-bond donors (Lipinski definition) is 3. The van der Waals surface area contributed by atoms with Crippen LogP contribution in [0.5, 0.6) is 0 Å². The predicted octanol–water partition coefficient (Wildman–Crippen LogP) is 3.35. The van der Waals surface area contributed by atoms with E-state index in [0.29, 0.717) is 16.9 Å². The Morgan fingerprint density at radius 2 is 1.81 bits per heavy atom. The monoisotopic (exact) mass is 348 g/mol. The molecule has 1 saturated carbocycles. The van der Waals surface area contributed by atoms with E-state index in [-0.39, 0.29) is 17.7 Å². The first kappa shape index (κ1) is 17.5. The molecular weight excluding hydrogens is 328 g/mol. The summed E-state index contributed by atoms with van der Waals surface area (Å²) in [4.78, 5) is 24.3. The number of nitriles is 1. The zero-order valence-corrected chi connectivity index (χ0v) is 14.5. The van der Waals surface area contributed by atoms with Crippen molar-refractivity contribution in [1.29, 1.82) is 5.26 Å². The molecule has 0 spiro atoms. The molecule has 1 unspecified atom stereocenters. The standard InChI is InChI=1S/C20H20N4O2/c1-13(19(25)24-18-8-3-2-5-15(18)12-21)22-16-6-4-7-17(11-16)23-20(26)14-9-10-14/h2-8,11,13-14,22H,9-10H2,1H3,(H,23,26)(H,24,25). The number of benzene rings is 2. The highest BCUT2D eigenvalue weighted by Gasteiger charge is 2.29. The third-order valence-corrected chi connectivity index (χ3v) is 4.16. The van der Waals surface area contributed by atoms with Gasteiger partial charge in [0.05, 0.1) is 11.3 Å². The van der Waals surface area contributed by atoms with Gasteiger partial charge in [-0.2, -0.15) is 5.26 Å². The van der Waals surface area contributed by atoms with Crippen molar-refractivity contribution in [1.82, 2.24) is 0 Å². The minimum Gasteiger partial charge on any atom is -0.374 e. The van der Waals surface area contributed by atoms with Crippen LogP contribution in [0.3, 0.4) is 0 Å². The maximum absolute atomic E-state index is 12.4. The van der Waals surface area contributed by atoms with E-state index in [1.165, 1.54) is 0 Å². The summed E-state index contributed by atoms with van der Waals surface area (Å²) in [6, 6.07) is 15.7. The zero-order chi connectivity index (χ0) is 18.5. The van der Waals surface area contributed by atoms with Crippen molar-refractivity contribution in [2.45, 2.75) is 25.8 Å². The Bertz CT molecular complexity index is 868. The fourth-order valence-corrected chi connectivity index (χ4v) is 2.52. The average molecular weight is 348 g/mol. The van der Waals surface area contributed by atoms with Crippen molar-refractivity contribution in [3.05, 3.63) is 54.1 Å². The fraction of sp³-hybridized carbons (Fsp3) is 0.250. The Morgan fingerprint density at radius 1 is 1.08 bits per heavy atom. The van der Waals surface area contributed by atoms with Crippen molar-refractivity contribution in [2.75, 3.05) is 16.0 Å². The molecule has 3 N–H and O–H groups in total. The lowest BCUT2D eigenvalue weighted by Crippen LogP contribution is -2.32. The van der Waals surface area contributed by atoms with Gasteiger partial charge >= 0.3 is 0 Å². The highest BCUT2D eigenvalue weighted by molar-refractivity contribution is 5.97. The molecule has 1 aliphatic rings. The van der Waals surface area contributed by atoms with Gasteiger partial charge in [-0.1, -0.05) is 18.2 Å². The minimum absolute atomic E-state index is 0.0426. The minimum atomic E-state index is -0.517. The van der Waals surface area contributed by atoms with E-state index in [4.69, 9.17) is 5.26 Å². The van der Waals surface area contributed by atoms with Gasteiger partial charge in [0.25, 0.3) is 0 Å². The number of nitrogens with zero attached hydrogens (tertiary/aromatic N) is 1. The summed E-state index contributed by atoms with van der Waals surface area (Å²) >= 11 is 0. The highest BCUT2D eigenvalue weighted by Crippen LogP contribution is 2.30. The van der Waals surface area contributed by atoms with Crippen molar-refractivity contribution in [3.63, 3.8) is 0 Å². The molecule has 2 aromatic rings. The molecule has 3 rings (SSSR count). The molecule has 0 radical (unpaired) electrons. The van der Waals surface area contributed by atoms with Gasteiger partial charge in [0.1, 0.15) is 12.1 Å². The molecule has 0 aromatic heterocycles. The van der Waals surface area contributed by atoms with Crippen LogP contribution in [-0.4, -0.2) is 17.9 Å². The fourth-order valence-electron chi connectivity index (χ4n) is 2.52. The summed E-state index contributed by atoms with van der Waals surface area (Å²) in [6.45, 7) is 1.74. The molecule has 1 fully saturated rings. The molecule has 6 heteroatoms. The smallest absolute Gasteiger partial charge is 0.246 e. The van der Waals surface area contributed by atoms with E-state index in [1.807, 2.05) is 18.2 Å². The average Bonchev–Trinajstić information content (AvgIpc) is 3.47. The molecule has 0 heterocycles. The number of hydrogen-bond acceptors (Lipinski definition) is 4. The molecule has 0 bridgehead atoms. The SMILES string of the molecule is CC(Nc1cccc(NC(=O)C2CC2)c1)C(=O)Nc1ccccc1C#N. The van der Waals surface area contributed by atoms with Gasteiger partial charge in [0, 0.05) is 17.3 Å². The van der Waals surface area contributed by atoms with Gasteiger partial charge in [0.15, 0.2) is 0 Å². The van der Waals surface area contributed by atoms with Crippen LogP contribution in [0.25, 0.3) is 0 Å². The van der Waals surface area contributed by atoms with Crippen LogP contribution in [-0.2, 0) is 9.59 Å². The molecular formula is C20H20N4O2. The number of carbonyl (C=O) groups excluding carboxylic acids is 2. The summed E-state index contributed by atoms with van der Waals surface area (Å²) in [5.74, 6) is -0.0716. The summed E-state index contributed by atoms with van der Waals surface area (Å²) < 4.78 is 0. The van der Waals surface area contributed by atoms with Gasteiger partial charge in [-0.3, -0.25) is 9.59 Å². The van der Waals surface area contributed by atoms with Gasteiger partial charge in [-0.05, 0) is 50.1 Å². The number of rotatable bonds is 6. The second-order valence-electron chi connectivity index (χ2n) is 6.36. The second-order valence-corrected chi connectivity index (χ2v) is 6.36. The number of carbonyl (C=O) groups is 2. The number of amides is 2. The topological polar surface area (TPSA) is 94.0 Å². The van der Waals surface area contributed by atoms with Gasteiger partial charge in [-0.25, -0.2) is 0 Å². The second kappa shape index (κ2) is 7.70. The van der Waals surface area contributed by atoms with Crippen LogP contribution in [0.2, 0.25) is 0 Å². The predicted molar refractivity (Wildman–Crippen MR) is 101 cm³/mol. The number of para-hydroxylation sites is 1. The Balaban J connectivity index is 1.61. The van der Waals surface area contributed by atoms with E-state index < -0.39 is 6.04 Å². The van der Waals surface area contributed by atoms with Crippen molar-refractivity contribution >= 4 is 28.9 Å². The highest BCUT2D eigenvalue weighted by atomic mass is 16.2. The maximum atomic E-state index is 12.4. The zero-order valence-electron chi connectivity index (χ0n) is 14.5. The summed E-state index contributed by atoms with van der Waals surface area (Å²) in [5.41, 5.74) is 2.33. The normalized spacial score (nSPS) is 14.0. The third kappa shape index (κ3) is 4.39. The quantitative estimate of drug-likeness (QED) is 0.746. The van der Waals surface area contributed by atoms with E-state index in [9.17, 15) is 9.59 Å². The molecule has 0 saturated heterocycles. The van der Waals surface area contributed by atoms with E-state index >= 15 is 0 Å². The first-order valence-electron chi connectivity index (χ1n) is 8.54. The van der Waals surface area contributed by atoms with Gasteiger partial charge in [-0.15, -0.1) is 0 Å². The Labute approximate surface area is 152 Å². The van der Waals surface area contributed by atoms with E-state index in [2.05, 4.69) is 22.0 Å². The summed E-state index contributed by atoms with van der Waals surface area (Å²) in [6.07, 6.45) is 1.90. The molecule has 132 valence electrons. The van der Waals surface area contributed by atoms with Crippen molar-refractivity contribution < 1.29 is 9.59 Å². The molecule has 1 aliphatic carbocycles. The van der Waals surface area contributed by atoms with Gasteiger partial charge < -0.3 is 16.0 Å². The maximum Gasteiger partial charge on any atom is 0.246 e.